The molecule has 0 fully saturated rings. The first-order valence-electron chi connectivity index (χ1n) is 5.69. The molecule has 1 aromatic heterocycles. The fourth-order valence-electron chi connectivity index (χ4n) is 2.33. The molecular formula is C12H13N3S2. The van der Waals surface area contributed by atoms with Crippen LogP contribution in [-0.2, 0) is 19.6 Å². The number of nitrogens with zero attached hydrogens (tertiary/aromatic N) is 3. The lowest BCUT2D eigenvalue weighted by atomic mass is 10.1. The highest BCUT2D eigenvalue weighted by atomic mass is 32.1. The number of hydrogen-bond acceptors (Lipinski definition) is 2. The van der Waals surface area contributed by atoms with Crippen molar-refractivity contribution in [2.24, 2.45) is 0 Å². The minimum Gasteiger partial charge on any atom is -0.293 e. The second-order valence-electron chi connectivity index (χ2n) is 4.19. The molecule has 0 saturated heterocycles. The molecule has 1 aliphatic heterocycles. The molecule has 2 aromatic rings. The molecule has 0 saturated carbocycles. The van der Waals surface area contributed by atoms with E-state index in [0.29, 0.717) is 0 Å². The molecule has 0 amide bonds. The second kappa shape index (κ2) is 3.92. The Labute approximate surface area is 110 Å². The molecule has 1 aliphatic rings. The fourth-order valence-corrected chi connectivity index (χ4v) is 3.15. The summed E-state index contributed by atoms with van der Waals surface area (Å²) in [5.74, 6) is 0. The first-order chi connectivity index (χ1) is 8.22. The lowest BCUT2D eigenvalue weighted by molar-refractivity contribution is 0.475. The van der Waals surface area contributed by atoms with Crippen molar-refractivity contribution in [1.29, 1.82) is 0 Å². The van der Waals surface area contributed by atoms with E-state index in [1.165, 1.54) is 11.1 Å². The molecule has 3 nitrogen and oxygen atoms in total. The summed E-state index contributed by atoms with van der Waals surface area (Å²) in [6, 6.07) is 8.47. The molecule has 0 radical (unpaired) electrons. The van der Waals surface area contributed by atoms with Crippen molar-refractivity contribution in [2.75, 3.05) is 0 Å². The zero-order chi connectivity index (χ0) is 12.0. The third kappa shape index (κ3) is 1.53. The smallest absolute Gasteiger partial charge is 0.197 e. The SMILES string of the molecule is CCn1c(=S)n2n(c1=S)Cc1ccccc1C2. The Morgan fingerprint density at radius 1 is 1.00 bits per heavy atom. The number of hydrogen-bond donors (Lipinski definition) is 0. The molecule has 2 heterocycles. The summed E-state index contributed by atoms with van der Waals surface area (Å²) < 4.78 is 7.86. The minimum absolute atomic E-state index is 0.825. The summed E-state index contributed by atoms with van der Waals surface area (Å²) in [4.78, 5) is 0. The van der Waals surface area contributed by atoms with Gasteiger partial charge in [-0.15, -0.1) is 0 Å². The third-order valence-corrected chi connectivity index (χ3v) is 4.13. The van der Waals surface area contributed by atoms with Crippen molar-refractivity contribution in [3.05, 3.63) is 44.9 Å². The summed E-state index contributed by atoms with van der Waals surface area (Å²) in [7, 11) is 0. The van der Waals surface area contributed by atoms with Gasteiger partial charge in [-0.2, -0.15) is 0 Å². The van der Waals surface area contributed by atoms with Gasteiger partial charge in [0, 0.05) is 6.54 Å². The van der Waals surface area contributed by atoms with E-state index in [1.54, 1.807) is 0 Å². The molecule has 1 aromatic carbocycles. The van der Waals surface area contributed by atoms with Crippen molar-refractivity contribution in [1.82, 2.24) is 13.9 Å². The van der Waals surface area contributed by atoms with E-state index < -0.39 is 0 Å². The highest BCUT2D eigenvalue weighted by Crippen LogP contribution is 2.19. The maximum Gasteiger partial charge on any atom is 0.197 e. The maximum atomic E-state index is 5.47. The third-order valence-electron chi connectivity index (χ3n) is 3.27. The van der Waals surface area contributed by atoms with Crippen LogP contribution in [0.25, 0.3) is 0 Å². The van der Waals surface area contributed by atoms with Crippen LogP contribution in [0.4, 0.5) is 0 Å². The molecular weight excluding hydrogens is 250 g/mol. The molecule has 17 heavy (non-hydrogen) atoms. The molecule has 88 valence electrons. The first kappa shape index (κ1) is 10.9. The van der Waals surface area contributed by atoms with Gasteiger partial charge in [0.1, 0.15) is 0 Å². The second-order valence-corrected chi connectivity index (χ2v) is 4.92. The Bertz CT molecular complexity index is 634. The molecule has 0 spiro atoms. The normalized spacial score (nSPS) is 13.2. The van der Waals surface area contributed by atoms with E-state index in [2.05, 4.69) is 40.6 Å². The molecule has 0 atom stereocenters. The first-order valence-corrected chi connectivity index (χ1v) is 6.51. The molecule has 0 unspecified atom stereocenters. The monoisotopic (exact) mass is 263 g/mol. The Morgan fingerprint density at radius 3 is 1.88 bits per heavy atom. The number of aromatic nitrogens is 3. The predicted octanol–water partition coefficient (Wildman–Crippen LogP) is 2.98. The average molecular weight is 263 g/mol. The van der Waals surface area contributed by atoms with Crippen molar-refractivity contribution < 1.29 is 0 Å². The van der Waals surface area contributed by atoms with E-state index in [4.69, 9.17) is 24.4 Å². The summed E-state index contributed by atoms with van der Waals surface area (Å²) in [5.41, 5.74) is 2.68. The van der Waals surface area contributed by atoms with Gasteiger partial charge in [-0.25, -0.2) is 0 Å². The van der Waals surface area contributed by atoms with Crippen LogP contribution in [0.15, 0.2) is 24.3 Å². The molecule has 3 rings (SSSR count). The van der Waals surface area contributed by atoms with Gasteiger partial charge in [-0.1, -0.05) is 24.3 Å². The van der Waals surface area contributed by atoms with Crippen molar-refractivity contribution in [2.45, 2.75) is 26.6 Å². The molecule has 0 N–H and O–H groups in total. The van der Waals surface area contributed by atoms with E-state index in [-0.39, 0.29) is 0 Å². The lowest BCUT2D eigenvalue weighted by Gasteiger charge is -2.20. The van der Waals surface area contributed by atoms with Crippen LogP contribution in [0.1, 0.15) is 18.1 Å². The molecule has 5 heteroatoms. The summed E-state index contributed by atoms with van der Waals surface area (Å²) in [5, 5.41) is 0. The summed E-state index contributed by atoms with van der Waals surface area (Å²) in [6.45, 7) is 4.56. The van der Waals surface area contributed by atoms with Gasteiger partial charge in [-0.05, 0) is 42.5 Å². The summed E-state index contributed by atoms with van der Waals surface area (Å²) >= 11 is 10.9. The molecule has 0 bridgehead atoms. The van der Waals surface area contributed by atoms with E-state index in [1.807, 2.05) is 4.57 Å². The zero-order valence-corrected chi connectivity index (χ0v) is 11.2. The van der Waals surface area contributed by atoms with Crippen molar-refractivity contribution in [3.8, 4) is 0 Å². The van der Waals surface area contributed by atoms with Gasteiger partial charge in [0.15, 0.2) is 9.54 Å². The maximum absolute atomic E-state index is 5.47. The Hall–Kier alpha value is -1.20. The lowest BCUT2D eigenvalue weighted by Crippen LogP contribution is -2.21. The van der Waals surface area contributed by atoms with Crippen LogP contribution >= 0.6 is 24.4 Å². The van der Waals surface area contributed by atoms with Gasteiger partial charge in [0.2, 0.25) is 0 Å². The predicted molar refractivity (Wildman–Crippen MR) is 72.4 cm³/mol. The van der Waals surface area contributed by atoms with Crippen LogP contribution in [0.3, 0.4) is 0 Å². The van der Waals surface area contributed by atoms with Gasteiger partial charge in [0.25, 0.3) is 0 Å². The van der Waals surface area contributed by atoms with E-state index in [0.717, 1.165) is 29.2 Å². The number of rotatable bonds is 1. The standard InChI is InChI=1S/C12H13N3S2/c1-2-13-11(16)14-7-9-5-3-4-6-10(9)8-15(14)12(13)17/h3-6H,2,7-8H2,1H3. The Balaban J connectivity index is 2.24. The highest BCUT2D eigenvalue weighted by molar-refractivity contribution is 7.72. The number of benzene rings is 1. The van der Waals surface area contributed by atoms with E-state index in [9.17, 15) is 0 Å². The minimum atomic E-state index is 0.825. The quantitative estimate of drug-likeness (QED) is 0.627. The van der Waals surface area contributed by atoms with Crippen LogP contribution in [0.2, 0.25) is 0 Å². The zero-order valence-electron chi connectivity index (χ0n) is 9.59. The molecule has 0 aliphatic carbocycles. The van der Waals surface area contributed by atoms with Crippen LogP contribution < -0.4 is 0 Å². The topological polar surface area (TPSA) is 14.8 Å². The number of fused-ring (bicyclic) bond motifs is 2. The Morgan fingerprint density at radius 2 is 1.47 bits per heavy atom. The van der Waals surface area contributed by atoms with Gasteiger partial charge in [-0.3, -0.25) is 13.9 Å². The van der Waals surface area contributed by atoms with Gasteiger partial charge >= 0.3 is 0 Å². The average Bonchev–Trinajstić information content (AvgIpc) is 2.59. The van der Waals surface area contributed by atoms with Crippen LogP contribution in [0, 0.1) is 9.54 Å². The van der Waals surface area contributed by atoms with E-state index >= 15 is 0 Å². The van der Waals surface area contributed by atoms with Crippen LogP contribution in [0.5, 0.6) is 0 Å². The van der Waals surface area contributed by atoms with Crippen molar-refractivity contribution in [3.63, 3.8) is 0 Å². The fraction of sp³-hybridized carbons (Fsp3) is 0.333. The van der Waals surface area contributed by atoms with Crippen molar-refractivity contribution >= 4 is 24.4 Å². The Kier molecular flexibility index (Phi) is 2.52. The summed E-state index contributed by atoms with van der Waals surface area (Å²) in [6.07, 6.45) is 0. The highest BCUT2D eigenvalue weighted by Gasteiger charge is 2.17. The van der Waals surface area contributed by atoms with Gasteiger partial charge in [0.05, 0.1) is 13.1 Å². The van der Waals surface area contributed by atoms with Crippen LogP contribution in [-0.4, -0.2) is 13.9 Å². The van der Waals surface area contributed by atoms with Gasteiger partial charge < -0.3 is 0 Å². The largest absolute Gasteiger partial charge is 0.293 e.